The van der Waals surface area contributed by atoms with Crippen LogP contribution in [0.4, 0.5) is 20.2 Å². The first-order valence-corrected chi connectivity index (χ1v) is 16.8. The van der Waals surface area contributed by atoms with Gasteiger partial charge >= 0.3 is 0 Å². The normalized spacial score (nSPS) is 21.4. The molecule has 1 saturated carbocycles. The van der Waals surface area contributed by atoms with Gasteiger partial charge in [0.05, 0.1) is 15.5 Å². The molecule has 208 valence electrons. The van der Waals surface area contributed by atoms with E-state index in [0.29, 0.717) is 30.0 Å². The van der Waals surface area contributed by atoms with E-state index in [0.717, 1.165) is 30.6 Å². The van der Waals surface area contributed by atoms with Crippen molar-refractivity contribution < 1.29 is 30.4 Å². The minimum atomic E-state index is -3.70. The van der Waals surface area contributed by atoms with Crippen LogP contribution in [0.25, 0.3) is 0 Å². The number of piperidine rings is 1. The molecule has 0 atom stereocenters. The fourth-order valence-corrected chi connectivity index (χ4v) is 9.00. The molecule has 3 heterocycles. The maximum absolute atomic E-state index is 14.1. The summed E-state index contributed by atoms with van der Waals surface area (Å²) in [6.45, 7) is 2.60. The minimum Gasteiger partial charge on any atom is -0.306 e. The second-order valence-corrected chi connectivity index (χ2v) is 15.2. The number of rotatable bonds is 6. The highest BCUT2D eigenvalue weighted by Crippen LogP contribution is 2.53. The maximum atomic E-state index is 14.1. The van der Waals surface area contributed by atoms with Gasteiger partial charge < -0.3 is 4.90 Å². The van der Waals surface area contributed by atoms with E-state index >= 15 is 0 Å². The summed E-state index contributed by atoms with van der Waals surface area (Å²) >= 11 is 1.05. The molecule has 2 aliphatic heterocycles. The van der Waals surface area contributed by atoms with E-state index in [1.807, 2.05) is 0 Å². The van der Waals surface area contributed by atoms with Gasteiger partial charge in [-0.3, -0.25) is 9.52 Å². The summed E-state index contributed by atoms with van der Waals surface area (Å²) in [5.41, 5.74) is 0.784. The number of thiophene rings is 1. The molecule has 2 aromatic rings. The number of sulfonamides is 2. The zero-order chi connectivity index (χ0) is 27.3. The lowest BCUT2D eigenvalue weighted by Crippen LogP contribution is -2.41. The number of fused-ring (bicyclic) bond motifs is 2. The maximum Gasteiger partial charge on any atom is 0.268 e. The van der Waals surface area contributed by atoms with Crippen molar-refractivity contribution in [1.29, 1.82) is 0 Å². The first kappa shape index (κ1) is 27.5. The number of amides is 1. The highest BCUT2D eigenvalue weighted by atomic mass is 32.2. The first-order valence-electron chi connectivity index (χ1n) is 12.8. The molecule has 2 fully saturated rings. The van der Waals surface area contributed by atoms with Crippen molar-refractivity contribution in [3.63, 3.8) is 0 Å². The Kier molecular flexibility index (Phi) is 7.11. The fourth-order valence-electron chi connectivity index (χ4n) is 5.64. The van der Waals surface area contributed by atoms with Crippen molar-refractivity contribution in [2.24, 2.45) is 0 Å². The van der Waals surface area contributed by atoms with Crippen LogP contribution in [0.2, 0.25) is 0 Å². The highest BCUT2D eigenvalue weighted by molar-refractivity contribution is 7.92. The van der Waals surface area contributed by atoms with E-state index in [1.54, 1.807) is 18.2 Å². The number of halogens is 2. The van der Waals surface area contributed by atoms with Crippen LogP contribution >= 0.6 is 11.3 Å². The second-order valence-electron chi connectivity index (χ2n) is 10.4. The third-order valence-corrected chi connectivity index (χ3v) is 12.1. The Labute approximate surface area is 226 Å². The third-order valence-electron chi connectivity index (χ3n) is 7.90. The van der Waals surface area contributed by atoms with Crippen molar-refractivity contribution in [3.05, 3.63) is 40.1 Å². The molecule has 1 spiro atoms. The predicted molar refractivity (Wildman–Crippen MR) is 143 cm³/mol. The average molecular weight is 588 g/mol. The molecule has 3 aliphatic rings. The van der Waals surface area contributed by atoms with Crippen LogP contribution < -0.4 is 9.62 Å². The average Bonchev–Trinajstić information content (AvgIpc) is 3.51. The van der Waals surface area contributed by atoms with Gasteiger partial charge in [0, 0.05) is 54.6 Å². The van der Waals surface area contributed by atoms with Gasteiger partial charge in [-0.25, -0.2) is 25.6 Å². The zero-order valence-corrected chi connectivity index (χ0v) is 23.5. The standard InChI is InChI=1S/C25H31F2N3O5S3/c1-2-37(32,33)28-18-6-7-21-20(14-18)24(8-10-25(26,27)11-9-24)17-30(21)23(31)22-15-19(16-36-22)38(34,35)29-12-4-3-5-13-29/h6-7,14-16,28H,2-5,8-13,17H2,1H3. The number of nitrogens with zero attached hydrogens (tertiary/aromatic N) is 2. The number of hydrogen-bond acceptors (Lipinski definition) is 6. The van der Waals surface area contributed by atoms with Gasteiger partial charge in [0.1, 0.15) is 0 Å². The zero-order valence-electron chi connectivity index (χ0n) is 21.1. The first-order chi connectivity index (χ1) is 17.9. The molecule has 0 bridgehead atoms. The molecule has 1 aromatic heterocycles. The number of carbonyl (C=O) groups is 1. The monoisotopic (exact) mass is 587 g/mol. The minimum absolute atomic E-state index is 0.0866. The summed E-state index contributed by atoms with van der Waals surface area (Å²) in [5.74, 6) is -3.30. The molecular weight excluding hydrogens is 556 g/mol. The lowest BCUT2D eigenvalue weighted by molar-refractivity contribution is -0.0499. The van der Waals surface area contributed by atoms with Crippen molar-refractivity contribution in [1.82, 2.24) is 4.31 Å². The smallest absolute Gasteiger partial charge is 0.268 e. The molecular formula is C25H31F2N3O5S3. The van der Waals surface area contributed by atoms with Crippen LogP contribution in [0.5, 0.6) is 0 Å². The number of nitrogens with one attached hydrogen (secondary N) is 1. The van der Waals surface area contributed by atoms with Gasteiger partial charge in [0.25, 0.3) is 5.91 Å². The molecule has 13 heteroatoms. The van der Waals surface area contributed by atoms with E-state index in [2.05, 4.69) is 4.72 Å². The molecule has 1 N–H and O–H groups in total. The lowest BCUT2D eigenvalue weighted by atomic mass is 9.69. The quantitative estimate of drug-likeness (QED) is 0.524. The Morgan fingerprint density at radius 2 is 1.71 bits per heavy atom. The van der Waals surface area contributed by atoms with Gasteiger partial charge in [-0.15, -0.1) is 11.3 Å². The molecule has 38 heavy (non-hydrogen) atoms. The molecule has 0 radical (unpaired) electrons. The van der Waals surface area contributed by atoms with E-state index in [-0.39, 0.29) is 47.8 Å². The van der Waals surface area contributed by atoms with E-state index in [9.17, 15) is 30.4 Å². The summed E-state index contributed by atoms with van der Waals surface area (Å²) < 4.78 is 82.7. The van der Waals surface area contributed by atoms with Crippen LogP contribution in [-0.4, -0.2) is 58.4 Å². The SMILES string of the molecule is CCS(=O)(=O)Nc1ccc2c(c1)C1(CCC(F)(F)CC1)CN2C(=O)c1cc(S(=O)(=O)N2CCCCC2)cs1. The van der Waals surface area contributed by atoms with Crippen molar-refractivity contribution in [2.75, 3.05) is 35.0 Å². The second kappa shape index (κ2) is 9.83. The summed E-state index contributed by atoms with van der Waals surface area (Å²) in [7, 11) is -7.25. The van der Waals surface area contributed by atoms with E-state index in [4.69, 9.17) is 0 Å². The largest absolute Gasteiger partial charge is 0.306 e. The van der Waals surface area contributed by atoms with Crippen LogP contribution in [0.15, 0.2) is 34.5 Å². The summed E-state index contributed by atoms with van der Waals surface area (Å²) in [4.78, 5) is 15.6. The van der Waals surface area contributed by atoms with Crippen LogP contribution in [0.3, 0.4) is 0 Å². The Balaban J connectivity index is 1.47. The van der Waals surface area contributed by atoms with Crippen molar-refractivity contribution in [2.45, 2.75) is 68.1 Å². The molecule has 8 nitrogen and oxygen atoms in total. The Morgan fingerprint density at radius 3 is 2.37 bits per heavy atom. The number of anilines is 2. The van der Waals surface area contributed by atoms with Crippen molar-refractivity contribution in [3.8, 4) is 0 Å². The van der Waals surface area contributed by atoms with Crippen LogP contribution in [0, 0.1) is 0 Å². The van der Waals surface area contributed by atoms with E-state index < -0.39 is 37.3 Å². The summed E-state index contributed by atoms with van der Waals surface area (Å²) in [5, 5.41) is 1.48. The number of benzene rings is 1. The van der Waals surface area contributed by atoms with Gasteiger partial charge in [0.2, 0.25) is 26.0 Å². The predicted octanol–water partition coefficient (Wildman–Crippen LogP) is 4.79. The van der Waals surface area contributed by atoms with E-state index in [1.165, 1.54) is 27.6 Å². The van der Waals surface area contributed by atoms with Gasteiger partial charge in [-0.2, -0.15) is 4.31 Å². The summed E-state index contributed by atoms with van der Waals surface area (Å²) in [6, 6.07) is 6.25. The Morgan fingerprint density at radius 1 is 1.03 bits per heavy atom. The number of carbonyl (C=O) groups excluding carboxylic acids is 1. The van der Waals surface area contributed by atoms with Crippen LogP contribution in [-0.2, 0) is 25.5 Å². The molecule has 1 amide bonds. The Hall–Kier alpha value is -2.09. The fraction of sp³-hybridized carbons (Fsp3) is 0.560. The van der Waals surface area contributed by atoms with Gasteiger partial charge in [0.15, 0.2) is 0 Å². The lowest BCUT2D eigenvalue weighted by Gasteiger charge is -2.37. The number of hydrogen-bond donors (Lipinski definition) is 1. The molecule has 0 unspecified atom stereocenters. The topological polar surface area (TPSA) is 104 Å². The summed E-state index contributed by atoms with van der Waals surface area (Å²) in [6.07, 6.45) is 2.25. The van der Waals surface area contributed by atoms with Gasteiger partial charge in [-0.05, 0) is 62.4 Å². The molecule has 1 aromatic carbocycles. The van der Waals surface area contributed by atoms with Crippen LogP contribution in [0.1, 0.15) is 67.1 Å². The molecule has 1 aliphatic carbocycles. The molecule has 1 saturated heterocycles. The molecule has 5 rings (SSSR count). The Bertz CT molecular complexity index is 1440. The van der Waals surface area contributed by atoms with Gasteiger partial charge in [-0.1, -0.05) is 6.42 Å². The number of alkyl halides is 2. The third kappa shape index (κ3) is 5.09. The highest BCUT2D eigenvalue weighted by Gasteiger charge is 2.51. The van der Waals surface area contributed by atoms with Crippen molar-refractivity contribution >= 4 is 48.7 Å².